The first-order chi connectivity index (χ1) is 17.0. The molecule has 2 aliphatic heterocycles. The van der Waals surface area contributed by atoms with Gasteiger partial charge in [-0.25, -0.2) is 0 Å². The molecule has 0 bridgehead atoms. The molecule has 5 aliphatic rings. The van der Waals surface area contributed by atoms with Gasteiger partial charge in [-0.2, -0.15) is 0 Å². The predicted molar refractivity (Wildman–Crippen MR) is 136 cm³/mol. The summed E-state index contributed by atoms with van der Waals surface area (Å²) >= 11 is 0. The van der Waals surface area contributed by atoms with E-state index in [9.17, 15) is 24.6 Å². The molecular weight excluding hydrogens is 472 g/mol. The first-order valence-electron chi connectivity index (χ1n) is 13.5. The van der Waals surface area contributed by atoms with Crippen LogP contribution in [0.15, 0.2) is 35.6 Å². The maximum absolute atomic E-state index is 13.6. The predicted octanol–water partition coefficient (Wildman–Crippen LogP) is 3.83. The normalized spacial score (nSPS) is 44.5. The van der Waals surface area contributed by atoms with E-state index >= 15 is 0 Å². The van der Waals surface area contributed by atoms with E-state index in [2.05, 4.69) is 20.4 Å². The maximum Gasteiger partial charge on any atom is 0.202 e. The number of carbonyl (C=O) groups is 3. The highest BCUT2D eigenvalue weighted by atomic mass is 16.6. The molecule has 0 spiro atoms. The first kappa shape index (κ1) is 26.5. The van der Waals surface area contributed by atoms with Gasteiger partial charge < -0.3 is 19.7 Å². The second kappa shape index (κ2) is 8.20. The zero-order valence-corrected chi connectivity index (χ0v) is 22.8. The monoisotopic (exact) mass is 512 g/mol. The van der Waals surface area contributed by atoms with Gasteiger partial charge in [0.05, 0.1) is 6.10 Å². The molecule has 0 saturated heterocycles. The summed E-state index contributed by atoms with van der Waals surface area (Å²) in [6.45, 7) is 15.6. The van der Waals surface area contributed by atoms with Gasteiger partial charge in [-0.05, 0) is 67.8 Å². The van der Waals surface area contributed by atoms with E-state index in [1.54, 1.807) is 13.8 Å². The van der Waals surface area contributed by atoms with E-state index in [4.69, 9.17) is 9.47 Å². The van der Waals surface area contributed by atoms with Crippen LogP contribution in [0, 0.1) is 34.0 Å². The summed E-state index contributed by atoms with van der Waals surface area (Å²) in [5.41, 5.74) is -1.30. The highest BCUT2D eigenvalue weighted by molar-refractivity contribution is 5.99. The van der Waals surface area contributed by atoms with Crippen molar-refractivity contribution < 1.29 is 34.1 Å². The largest absolute Gasteiger partial charge is 0.479 e. The first-order valence-corrected chi connectivity index (χ1v) is 13.5. The van der Waals surface area contributed by atoms with Crippen LogP contribution in [-0.2, 0) is 23.9 Å². The number of ether oxygens (including phenoxy) is 2. The van der Waals surface area contributed by atoms with Gasteiger partial charge >= 0.3 is 0 Å². The zero-order chi connectivity index (χ0) is 27.3. The van der Waals surface area contributed by atoms with E-state index in [0.717, 1.165) is 12.8 Å². The Morgan fingerprint density at radius 2 is 1.70 bits per heavy atom. The lowest BCUT2D eigenvalue weighted by atomic mass is 9.42. The lowest BCUT2D eigenvalue weighted by Crippen LogP contribution is -2.61. The molecule has 202 valence electrons. The molecule has 0 aromatic rings. The smallest absolute Gasteiger partial charge is 0.202 e. The average molecular weight is 513 g/mol. The topological polar surface area (TPSA) is 110 Å². The number of rotatable bonds is 3. The fraction of sp³-hybridized carbons (Fsp3) is 0.700. The van der Waals surface area contributed by atoms with Gasteiger partial charge in [-0.3, -0.25) is 14.4 Å². The zero-order valence-electron chi connectivity index (χ0n) is 22.8. The number of carbonyl (C=O) groups excluding carboxylic acids is 3. The van der Waals surface area contributed by atoms with E-state index in [1.807, 2.05) is 19.9 Å². The standard InChI is InChI=1S/C30H40O7/c1-15(20-13-23(33)28(4,5)37-20)19-9-8-16(26(35)36-19)24-17(31)12-22-29(24,6)11-10-21-27(2,3)25(34)18(32)14-30(21,22)7/h8,13,18-19,21-22,24,26,32,35H,1,9-12,14H2,2-7H3. The van der Waals surface area contributed by atoms with Crippen molar-refractivity contribution in [3.63, 3.8) is 0 Å². The van der Waals surface area contributed by atoms with Gasteiger partial charge in [-0.1, -0.05) is 40.3 Å². The third-order valence-electron chi connectivity index (χ3n) is 10.6. The van der Waals surface area contributed by atoms with Crippen molar-refractivity contribution in [3.05, 3.63) is 35.6 Å². The van der Waals surface area contributed by atoms with E-state index < -0.39 is 40.8 Å². The molecule has 0 aromatic carbocycles. The number of fused-ring (bicyclic) bond motifs is 3. The Balaban J connectivity index is 1.41. The molecule has 2 N–H and O–H groups in total. The maximum atomic E-state index is 13.6. The number of Topliss-reactive ketones (excluding diaryl/α,β-unsaturated/α-hetero) is 2. The number of hydrogen-bond acceptors (Lipinski definition) is 7. The molecule has 7 nitrogen and oxygen atoms in total. The van der Waals surface area contributed by atoms with Crippen LogP contribution in [0.4, 0.5) is 0 Å². The molecule has 5 rings (SSSR count). The highest BCUT2D eigenvalue weighted by Gasteiger charge is 2.68. The van der Waals surface area contributed by atoms with Gasteiger partial charge in [0.2, 0.25) is 5.78 Å². The van der Waals surface area contributed by atoms with Crippen molar-refractivity contribution in [3.8, 4) is 0 Å². The Morgan fingerprint density at radius 1 is 1.03 bits per heavy atom. The summed E-state index contributed by atoms with van der Waals surface area (Å²) in [7, 11) is 0. The molecule has 8 unspecified atom stereocenters. The SMILES string of the molecule is C=C(C1=CC(=O)C(C)(C)O1)C1CC=C(C2C(=O)CC3C2(C)CCC2C(C)(C)C(=O)C(O)CC23C)C(O)O1. The summed E-state index contributed by atoms with van der Waals surface area (Å²) in [5.74, 6) is -0.207. The van der Waals surface area contributed by atoms with Crippen LogP contribution in [0.5, 0.6) is 0 Å². The van der Waals surface area contributed by atoms with Crippen molar-refractivity contribution in [2.75, 3.05) is 0 Å². The minimum Gasteiger partial charge on any atom is -0.479 e. The lowest BCUT2D eigenvalue weighted by molar-refractivity contribution is -0.176. The molecule has 3 saturated carbocycles. The number of aliphatic hydroxyl groups is 2. The molecule has 2 heterocycles. The Hall–Kier alpha value is -2.09. The second-order valence-electron chi connectivity index (χ2n) is 13.5. The van der Waals surface area contributed by atoms with Crippen molar-refractivity contribution in [2.45, 2.75) is 97.7 Å². The Labute approximate surface area is 219 Å². The van der Waals surface area contributed by atoms with Gasteiger partial charge in [-0.15, -0.1) is 0 Å². The number of ketones is 3. The lowest BCUT2D eigenvalue weighted by Gasteiger charge is -2.61. The minimum absolute atomic E-state index is 0.00986. The molecular formula is C30H40O7. The van der Waals surface area contributed by atoms with E-state index in [-0.39, 0.29) is 34.6 Å². The third kappa shape index (κ3) is 3.68. The second-order valence-corrected chi connectivity index (χ2v) is 13.5. The van der Waals surface area contributed by atoms with Gasteiger partial charge in [0, 0.05) is 29.4 Å². The van der Waals surface area contributed by atoms with Crippen molar-refractivity contribution >= 4 is 17.3 Å². The van der Waals surface area contributed by atoms with Gasteiger partial charge in [0.15, 0.2) is 17.7 Å². The molecule has 8 atom stereocenters. The van der Waals surface area contributed by atoms with Crippen molar-refractivity contribution in [1.82, 2.24) is 0 Å². The molecule has 37 heavy (non-hydrogen) atoms. The Kier molecular flexibility index (Phi) is 5.88. The molecule has 0 aromatic heterocycles. The third-order valence-corrected chi connectivity index (χ3v) is 10.6. The van der Waals surface area contributed by atoms with Crippen LogP contribution in [-0.4, -0.2) is 51.7 Å². The summed E-state index contributed by atoms with van der Waals surface area (Å²) in [5, 5.41) is 21.8. The molecule has 3 fully saturated rings. The Morgan fingerprint density at radius 3 is 2.30 bits per heavy atom. The van der Waals surface area contributed by atoms with Crippen LogP contribution in [0.1, 0.15) is 73.6 Å². The quantitative estimate of drug-likeness (QED) is 0.553. The summed E-state index contributed by atoms with van der Waals surface area (Å²) in [6, 6.07) is 0. The van der Waals surface area contributed by atoms with Crippen LogP contribution >= 0.6 is 0 Å². The van der Waals surface area contributed by atoms with Gasteiger partial charge in [0.1, 0.15) is 17.6 Å². The number of aliphatic hydroxyl groups excluding tert-OH is 2. The Bertz CT molecular complexity index is 1140. The van der Waals surface area contributed by atoms with Crippen LogP contribution < -0.4 is 0 Å². The van der Waals surface area contributed by atoms with Crippen LogP contribution in [0.3, 0.4) is 0 Å². The molecule has 0 amide bonds. The summed E-state index contributed by atoms with van der Waals surface area (Å²) in [6.07, 6.45) is 3.15. The average Bonchev–Trinajstić information content (AvgIpc) is 3.23. The van der Waals surface area contributed by atoms with Crippen LogP contribution in [0.25, 0.3) is 0 Å². The highest BCUT2D eigenvalue weighted by Crippen LogP contribution is 2.69. The van der Waals surface area contributed by atoms with Crippen molar-refractivity contribution in [1.29, 1.82) is 0 Å². The van der Waals surface area contributed by atoms with Crippen molar-refractivity contribution in [2.24, 2.45) is 34.0 Å². The number of hydrogen-bond donors (Lipinski definition) is 2. The summed E-state index contributed by atoms with van der Waals surface area (Å²) in [4.78, 5) is 38.7. The minimum atomic E-state index is -1.27. The summed E-state index contributed by atoms with van der Waals surface area (Å²) < 4.78 is 11.7. The molecule has 0 radical (unpaired) electrons. The van der Waals surface area contributed by atoms with Crippen LogP contribution in [0.2, 0.25) is 0 Å². The fourth-order valence-electron chi connectivity index (χ4n) is 8.68. The van der Waals surface area contributed by atoms with Gasteiger partial charge in [0.25, 0.3) is 0 Å². The van der Waals surface area contributed by atoms with E-state index in [0.29, 0.717) is 36.2 Å². The fourth-order valence-corrected chi connectivity index (χ4v) is 8.68. The molecule has 7 heteroatoms. The van der Waals surface area contributed by atoms with E-state index in [1.165, 1.54) is 6.08 Å². The molecule has 3 aliphatic carbocycles.